The highest BCUT2D eigenvalue weighted by atomic mass is 16.2. The number of rotatable bonds is 2. The molecule has 1 fully saturated rings. The molecule has 0 spiro atoms. The third kappa shape index (κ3) is 2.67. The molecule has 13 heavy (non-hydrogen) atoms. The topological polar surface area (TPSA) is 26.8 Å². The van der Waals surface area contributed by atoms with Gasteiger partial charge in [0.05, 0.1) is 6.54 Å². The SMILES string of the molecule is CCN(C)N1CCCN(C)C(=O)C1. The van der Waals surface area contributed by atoms with Gasteiger partial charge in [-0.1, -0.05) is 6.92 Å². The average molecular weight is 185 g/mol. The van der Waals surface area contributed by atoms with E-state index < -0.39 is 0 Å². The lowest BCUT2D eigenvalue weighted by Crippen LogP contribution is -2.43. The Morgan fingerprint density at radius 3 is 2.77 bits per heavy atom. The second kappa shape index (κ2) is 4.58. The highest BCUT2D eigenvalue weighted by Crippen LogP contribution is 2.04. The molecule has 0 N–H and O–H groups in total. The maximum absolute atomic E-state index is 11.5. The molecule has 1 aliphatic heterocycles. The van der Waals surface area contributed by atoms with Crippen LogP contribution in [0.1, 0.15) is 13.3 Å². The van der Waals surface area contributed by atoms with Gasteiger partial charge in [-0.25, -0.2) is 10.0 Å². The molecule has 0 radical (unpaired) electrons. The molecule has 0 aromatic heterocycles. The van der Waals surface area contributed by atoms with Gasteiger partial charge in [0, 0.05) is 33.7 Å². The number of carbonyl (C=O) groups is 1. The third-order valence-corrected chi connectivity index (χ3v) is 2.59. The van der Waals surface area contributed by atoms with E-state index in [1.54, 1.807) is 0 Å². The average Bonchev–Trinajstić information content (AvgIpc) is 2.28. The standard InChI is InChI=1S/C9H19N3O/c1-4-11(3)12-7-5-6-10(2)9(13)8-12/h4-8H2,1-3H3. The maximum atomic E-state index is 11.5. The highest BCUT2D eigenvalue weighted by Gasteiger charge is 2.20. The molecule has 0 atom stereocenters. The number of carbonyl (C=O) groups excluding carboxylic acids is 1. The van der Waals surface area contributed by atoms with Crippen LogP contribution in [0, 0.1) is 0 Å². The van der Waals surface area contributed by atoms with E-state index in [0.29, 0.717) is 6.54 Å². The van der Waals surface area contributed by atoms with Crippen LogP contribution in [0.5, 0.6) is 0 Å². The van der Waals surface area contributed by atoms with Crippen LogP contribution in [-0.4, -0.2) is 61.1 Å². The van der Waals surface area contributed by atoms with E-state index in [0.717, 1.165) is 26.1 Å². The fourth-order valence-corrected chi connectivity index (χ4v) is 1.46. The minimum Gasteiger partial charge on any atom is -0.345 e. The van der Waals surface area contributed by atoms with Crippen molar-refractivity contribution in [3.63, 3.8) is 0 Å². The number of likely N-dealkylation sites (N-methyl/N-ethyl adjacent to an activating group) is 1. The maximum Gasteiger partial charge on any atom is 0.237 e. The summed E-state index contributed by atoms with van der Waals surface area (Å²) in [5.74, 6) is 0.220. The quantitative estimate of drug-likeness (QED) is 0.606. The Hall–Kier alpha value is -0.610. The Morgan fingerprint density at radius 1 is 1.46 bits per heavy atom. The van der Waals surface area contributed by atoms with E-state index in [1.807, 2.05) is 19.0 Å². The lowest BCUT2D eigenvalue weighted by molar-refractivity contribution is -0.133. The summed E-state index contributed by atoms with van der Waals surface area (Å²) in [6.07, 6.45) is 1.06. The van der Waals surface area contributed by atoms with Crippen molar-refractivity contribution in [3.05, 3.63) is 0 Å². The van der Waals surface area contributed by atoms with Gasteiger partial charge in [0.25, 0.3) is 0 Å². The van der Waals surface area contributed by atoms with Crippen LogP contribution in [0.25, 0.3) is 0 Å². The Labute approximate surface area is 80.1 Å². The smallest absolute Gasteiger partial charge is 0.237 e. The summed E-state index contributed by atoms with van der Waals surface area (Å²) in [6, 6.07) is 0. The summed E-state index contributed by atoms with van der Waals surface area (Å²) < 4.78 is 0. The second-order valence-electron chi connectivity index (χ2n) is 3.53. The van der Waals surface area contributed by atoms with Crippen LogP contribution in [0.3, 0.4) is 0 Å². The molecular weight excluding hydrogens is 166 g/mol. The van der Waals surface area contributed by atoms with E-state index >= 15 is 0 Å². The van der Waals surface area contributed by atoms with E-state index in [4.69, 9.17) is 0 Å². The summed E-state index contributed by atoms with van der Waals surface area (Å²) in [4.78, 5) is 13.3. The molecular formula is C9H19N3O. The molecule has 1 heterocycles. The summed E-state index contributed by atoms with van der Waals surface area (Å²) in [5, 5.41) is 4.23. The molecule has 4 heteroatoms. The van der Waals surface area contributed by atoms with E-state index in [2.05, 4.69) is 16.9 Å². The number of hydrogen-bond acceptors (Lipinski definition) is 3. The number of hydrazine groups is 1. The zero-order valence-corrected chi connectivity index (χ0v) is 8.79. The van der Waals surface area contributed by atoms with Gasteiger partial charge in [0.2, 0.25) is 5.91 Å². The predicted octanol–water partition coefficient (Wildman–Crippen LogP) is 0.0172. The Bertz CT molecular complexity index is 184. The van der Waals surface area contributed by atoms with Crippen LogP contribution < -0.4 is 0 Å². The van der Waals surface area contributed by atoms with E-state index in [9.17, 15) is 4.79 Å². The van der Waals surface area contributed by atoms with Crippen LogP contribution in [0.2, 0.25) is 0 Å². The van der Waals surface area contributed by atoms with Crippen LogP contribution in [0.4, 0.5) is 0 Å². The predicted molar refractivity (Wildman–Crippen MR) is 52.1 cm³/mol. The normalized spacial score (nSPS) is 20.9. The van der Waals surface area contributed by atoms with Crippen molar-refractivity contribution in [1.29, 1.82) is 0 Å². The van der Waals surface area contributed by atoms with Crippen molar-refractivity contribution in [2.45, 2.75) is 13.3 Å². The molecule has 0 unspecified atom stereocenters. The minimum atomic E-state index is 0.220. The second-order valence-corrected chi connectivity index (χ2v) is 3.53. The monoisotopic (exact) mass is 185 g/mol. The first-order valence-electron chi connectivity index (χ1n) is 4.85. The van der Waals surface area contributed by atoms with Crippen LogP contribution >= 0.6 is 0 Å². The molecule has 0 bridgehead atoms. The van der Waals surface area contributed by atoms with Gasteiger partial charge in [-0.15, -0.1) is 0 Å². The summed E-state index contributed by atoms with van der Waals surface area (Å²) >= 11 is 0. The Balaban J connectivity index is 2.53. The molecule has 76 valence electrons. The van der Waals surface area contributed by atoms with Crippen molar-refractivity contribution in [3.8, 4) is 0 Å². The van der Waals surface area contributed by atoms with Gasteiger partial charge in [-0.2, -0.15) is 0 Å². The highest BCUT2D eigenvalue weighted by molar-refractivity contribution is 5.78. The molecule has 4 nitrogen and oxygen atoms in total. The zero-order valence-electron chi connectivity index (χ0n) is 8.79. The lowest BCUT2D eigenvalue weighted by atomic mass is 10.4. The van der Waals surface area contributed by atoms with Crippen LogP contribution in [0.15, 0.2) is 0 Å². The Kier molecular flexibility index (Phi) is 3.69. The largest absolute Gasteiger partial charge is 0.345 e. The van der Waals surface area contributed by atoms with Crippen molar-refractivity contribution in [2.75, 3.05) is 40.3 Å². The van der Waals surface area contributed by atoms with Gasteiger partial charge in [0.15, 0.2) is 0 Å². The summed E-state index contributed by atoms with van der Waals surface area (Å²) in [5.41, 5.74) is 0. The molecule has 0 aromatic carbocycles. The first-order valence-corrected chi connectivity index (χ1v) is 4.85. The number of nitrogens with zero attached hydrogens (tertiary/aromatic N) is 3. The van der Waals surface area contributed by atoms with E-state index in [1.165, 1.54) is 0 Å². The zero-order chi connectivity index (χ0) is 9.84. The minimum absolute atomic E-state index is 0.220. The molecule has 0 aliphatic carbocycles. The Morgan fingerprint density at radius 2 is 2.15 bits per heavy atom. The first-order chi connectivity index (χ1) is 6.15. The van der Waals surface area contributed by atoms with Crippen LogP contribution in [-0.2, 0) is 4.79 Å². The number of hydrogen-bond donors (Lipinski definition) is 0. The van der Waals surface area contributed by atoms with E-state index in [-0.39, 0.29) is 5.91 Å². The van der Waals surface area contributed by atoms with Gasteiger partial charge in [-0.3, -0.25) is 4.79 Å². The molecule has 1 saturated heterocycles. The lowest BCUT2D eigenvalue weighted by Gasteiger charge is -2.28. The van der Waals surface area contributed by atoms with Crippen molar-refractivity contribution in [2.24, 2.45) is 0 Å². The van der Waals surface area contributed by atoms with Crippen molar-refractivity contribution in [1.82, 2.24) is 14.9 Å². The number of amides is 1. The molecule has 0 aromatic rings. The fourth-order valence-electron chi connectivity index (χ4n) is 1.46. The van der Waals surface area contributed by atoms with Gasteiger partial charge < -0.3 is 4.90 Å². The first kappa shape index (κ1) is 10.5. The van der Waals surface area contributed by atoms with Gasteiger partial charge >= 0.3 is 0 Å². The van der Waals surface area contributed by atoms with Gasteiger partial charge in [0.1, 0.15) is 0 Å². The summed E-state index contributed by atoms with van der Waals surface area (Å²) in [7, 11) is 3.90. The van der Waals surface area contributed by atoms with Crippen molar-refractivity contribution >= 4 is 5.91 Å². The molecule has 1 aliphatic rings. The fraction of sp³-hybridized carbons (Fsp3) is 0.889. The van der Waals surface area contributed by atoms with Gasteiger partial charge in [-0.05, 0) is 6.42 Å². The molecule has 1 rings (SSSR count). The summed E-state index contributed by atoms with van der Waals surface area (Å²) in [6.45, 7) is 5.45. The molecule has 1 amide bonds. The third-order valence-electron chi connectivity index (χ3n) is 2.59. The molecule has 0 saturated carbocycles. The van der Waals surface area contributed by atoms with Crippen molar-refractivity contribution < 1.29 is 4.79 Å².